The van der Waals surface area contributed by atoms with Crippen molar-refractivity contribution in [2.45, 2.75) is 32.6 Å². The van der Waals surface area contributed by atoms with Crippen LogP contribution in [-0.4, -0.2) is 5.24 Å². The maximum Gasteiger partial charge on any atom is 0.221 e. The molecule has 0 aromatic rings. The van der Waals surface area contributed by atoms with Crippen LogP contribution in [0.3, 0.4) is 0 Å². The topological polar surface area (TPSA) is 17.1 Å². The Morgan fingerprint density at radius 2 is 2.20 bits per heavy atom. The molecule has 0 aromatic carbocycles. The fourth-order valence-corrected chi connectivity index (χ4v) is 0.826. The molecule has 0 bridgehead atoms. The van der Waals surface area contributed by atoms with Crippen LogP contribution in [0.5, 0.6) is 0 Å². The minimum atomic E-state index is -0.222. The van der Waals surface area contributed by atoms with Crippen molar-refractivity contribution in [3.05, 3.63) is 12.2 Å². The van der Waals surface area contributed by atoms with Gasteiger partial charge in [0.05, 0.1) is 0 Å². The summed E-state index contributed by atoms with van der Waals surface area (Å²) in [5, 5.41) is -0.222. The highest BCUT2D eigenvalue weighted by Gasteiger charge is 1.93. The van der Waals surface area contributed by atoms with E-state index < -0.39 is 0 Å². The van der Waals surface area contributed by atoms with Gasteiger partial charge in [0.1, 0.15) is 0 Å². The lowest BCUT2D eigenvalue weighted by atomic mass is 10.2. The fraction of sp³-hybridized carbons (Fsp3) is 0.625. The van der Waals surface area contributed by atoms with Gasteiger partial charge in [-0.25, -0.2) is 0 Å². The third-order valence-electron chi connectivity index (χ3n) is 1.23. The van der Waals surface area contributed by atoms with Crippen LogP contribution in [-0.2, 0) is 4.79 Å². The van der Waals surface area contributed by atoms with Crippen LogP contribution in [0.15, 0.2) is 12.2 Å². The molecule has 0 radical (unpaired) electrons. The first-order valence-corrected chi connectivity index (χ1v) is 3.94. The van der Waals surface area contributed by atoms with E-state index in [-0.39, 0.29) is 5.24 Å². The van der Waals surface area contributed by atoms with Gasteiger partial charge in [-0.2, -0.15) is 0 Å². The predicted octanol–water partition coefficient (Wildman–Crippen LogP) is 2.89. The van der Waals surface area contributed by atoms with Crippen molar-refractivity contribution in [2.24, 2.45) is 0 Å². The molecule has 0 heterocycles. The highest BCUT2D eigenvalue weighted by molar-refractivity contribution is 6.63. The number of carbonyl (C=O) groups is 1. The molecule has 1 nitrogen and oxygen atoms in total. The van der Waals surface area contributed by atoms with E-state index in [1.807, 2.05) is 13.0 Å². The second-order valence-electron chi connectivity index (χ2n) is 2.17. The lowest BCUT2D eigenvalue weighted by Gasteiger charge is -1.91. The summed E-state index contributed by atoms with van der Waals surface area (Å²) >= 11 is 5.13. The largest absolute Gasteiger partial charge is 0.281 e. The summed E-state index contributed by atoms with van der Waals surface area (Å²) in [6.45, 7) is 1.99. The number of unbranched alkanes of at least 4 members (excludes halogenated alkanes) is 2. The zero-order chi connectivity index (χ0) is 7.82. The molecule has 0 fully saturated rings. The van der Waals surface area contributed by atoms with Crippen molar-refractivity contribution in [3.63, 3.8) is 0 Å². The summed E-state index contributed by atoms with van der Waals surface area (Å²) in [5.41, 5.74) is 0. The Bertz CT molecular complexity index is 118. The van der Waals surface area contributed by atoms with Crippen LogP contribution < -0.4 is 0 Å². The van der Waals surface area contributed by atoms with Gasteiger partial charge in [0.25, 0.3) is 0 Å². The van der Waals surface area contributed by atoms with Crippen molar-refractivity contribution in [3.8, 4) is 0 Å². The summed E-state index contributed by atoms with van der Waals surface area (Å²) in [7, 11) is 0. The van der Waals surface area contributed by atoms with Crippen LogP contribution >= 0.6 is 11.6 Å². The molecule has 0 aliphatic heterocycles. The van der Waals surface area contributed by atoms with Crippen molar-refractivity contribution >= 4 is 16.8 Å². The number of rotatable bonds is 5. The number of halogens is 1. The Morgan fingerprint density at radius 3 is 2.70 bits per heavy atom. The third-order valence-corrected chi connectivity index (χ3v) is 1.42. The lowest BCUT2D eigenvalue weighted by Crippen LogP contribution is -1.84. The van der Waals surface area contributed by atoms with E-state index in [0.717, 1.165) is 19.3 Å². The van der Waals surface area contributed by atoms with Crippen LogP contribution in [0.4, 0.5) is 0 Å². The number of hydrogen-bond acceptors (Lipinski definition) is 1. The Labute approximate surface area is 67.1 Å². The molecule has 0 unspecified atom stereocenters. The van der Waals surface area contributed by atoms with Gasteiger partial charge in [0.2, 0.25) is 5.24 Å². The molecule has 0 saturated carbocycles. The van der Waals surface area contributed by atoms with E-state index in [0.29, 0.717) is 6.42 Å². The number of hydrogen-bond donors (Lipinski definition) is 0. The average Bonchev–Trinajstić information content (AvgIpc) is 1.87. The Balaban J connectivity index is 2.98. The summed E-state index contributed by atoms with van der Waals surface area (Å²) in [5.74, 6) is 0. The van der Waals surface area contributed by atoms with E-state index >= 15 is 0 Å². The van der Waals surface area contributed by atoms with Crippen molar-refractivity contribution in [2.75, 3.05) is 0 Å². The van der Waals surface area contributed by atoms with Crippen molar-refractivity contribution in [1.29, 1.82) is 0 Å². The monoisotopic (exact) mass is 160 g/mol. The summed E-state index contributed by atoms with van der Waals surface area (Å²) in [6.07, 6.45) is 7.65. The maximum absolute atomic E-state index is 10.2. The highest BCUT2D eigenvalue weighted by Crippen LogP contribution is 2.02. The number of allylic oxidation sites excluding steroid dienone is 2. The van der Waals surface area contributed by atoms with E-state index in [1.54, 1.807) is 0 Å². The average molecular weight is 161 g/mol. The van der Waals surface area contributed by atoms with Crippen molar-refractivity contribution < 1.29 is 4.79 Å². The first-order chi connectivity index (χ1) is 4.77. The molecule has 0 rings (SSSR count). The minimum Gasteiger partial charge on any atom is -0.281 e. The normalized spacial score (nSPS) is 10.6. The lowest BCUT2D eigenvalue weighted by molar-refractivity contribution is -0.111. The van der Waals surface area contributed by atoms with Gasteiger partial charge in [-0.1, -0.05) is 12.2 Å². The van der Waals surface area contributed by atoms with Crippen LogP contribution in [0.25, 0.3) is 0 Å². The summed E-state index contributed by atoms with van der Waals surface area (Å²) in [6, 6.07) is 0. The molecule has 0 saturated heterocycles. The summed E-state index contributed by atoms with van der Waals surface area (Å²) < 4.78 is 0. The van der Waals surface area contributed by atoms with Gasteiger partial charge >= 0.3 is 0 Å². The first-order valence-electron chi connectivity index (χ1n) is 3.57. The predicted molar refractivity (Wildman–Crippen MR) is 44.1 cm³/mol. The van der Waals surface area contributed by atoms with Gasteiger partial charge < -0.3 is 0 Å². The van der Waals surface area contributed by atoms with E-state index in [9.17, 15) is 4.79 Å². The highest BCUT2D eigenvalue weighted by atomic mass is 35.5. The fourth-order valence-electron chi connectivity index (χ4n) is 0.693. The Morgan fingerprint density at radius 1 is 1.50 bits per heavy atom. The maximum atomic E-state index is 10.2. The van der Waals surface area contributed by atoms with Crippen LogP contribution in [0, 0.1) is 0 Å². The second-order valence-corrected chi connectivity index (χ2v) is 2.59. The summed E-state index contributed by atoms with van der Waals surface area (Å²) in [4.78, 5) is 10.2. The van der Waals surface area contributed by atoms with E-state index in [4.69, 9.17) is 11.6 Å². The molecular formula is C8H13ClO. The van der Waals surface area contributed by atoms with Crippen molar-refractivity contribution in [1.82, 2.24) is 0 Å². The van der Waals surface area contributed by atoms with E-state index in [1.165, 1.54) is 0 Å². The quantitative estimate of drug-likeness (QED) is 0.343. The molecule has 0 spiro atoms. The molecule has 2 heteroatoms. The molecule has 0 aromatic heterocycles. The van der Waals surface area contributed by atoms with Crippen LogP contribution in [0.2, 0.25) is 0 Å². The van der Waals surface area contributed by atoms with E-state index in [2.05, 4.69) is 6.08 Å². The Hall–Kier alpha value is -0.300. The molecule has 10 heavy (non-hydrogen) atoms. The molecular weight excluding hydrogens is 148 g/mol. The molecule has 58 valence electrons. The molecule has 0 amide bonds. The molecule has 0 aliphatic carbocycles. The third kappa shape index (κ3) is 7.70. The van der Waals surface area contributed by atoms with Crippen LogP contribution in [0.1, 0.15) is 32.6 Å². The SMILES string of the molecule is CC=CCCCCC(=O)Cl. The zero-order valence-corrected chi connectivity index (χ0v) is 7.03. The number of carbonyl (C=O) groups excluding carboxylic acids is 1. The van der Waals surface area contributed by atoms with Gasteiger partial charge in [0, 0.05) is 6.42 Å². The standard InChI is InChI=1S/C8H13ClO/c1-2-3-4-5-6-7-8(9)10/h2-3H,4-7H2,1H3. The van der Waals surface area contributed by atoms with Gasteiger partial charge in [-0.3, -0.25) is 4.79 Å². The molecule has 0 N–H and O–H groups in total. The zero-order valence-electron chi connectivity index (χ0n) is 6.27. The van der Waals surface area contributed by atoms with Gasteiger partial charge in [-0.15, -0.1) is 0 Å². The molecule has 0 aliphatic rings. The van der Waals surface area contributed by atoms with Gasteiger partial charge in [-0.05, 0) is 37.8 Å². The molecule has 0 atom stereocenters. The Kier molecular flexibility index (Phi) is 6.61. The second kappa shape index (κ2) is 6.81. The first kappa shape index (κ1) is 9.70. The van der Waals surface area contributed by atoms with Gasteiger partial charge in [0.15, 0.2) is 0 Å². The smallest absolute Gasteiger partial charge is 0.221 e. The minimum absolute atomic E-state index is 0.222.